The Morgan fingerprint density at radius 3 is 2.90 bits per heavy atom. The van der Waals surface area contributed by atoms with Crippen molar-refractivity contribution in [3.8, 4) is 6.07 Å². The predicted octanol–water partition coefficient (Wildman–Crippen LogP) is 0.940. The smallest absolute Gasteiger partial charge is 0.245 e. The second kappa shape index (κ2) is 5.79. The SMILES string of the molecule is CC1CN(S(=O)(=O)c2ccc(C#N)cc2N)CCCO1. The van der Waals surface area contributed by atoms with Crippen molar-refractivity contribution in [2.24, 2.45) is 0 Å². The van der Waals surface area contributed by atoms with Crippen molar-refractivity contribution in [2.45, 2.75) is 24.3 Å². The summed E-state index contributed by atoms with van der Waals surface area (Å²) in [5.41, 5.74) is 6.22. The van der Waals surface area contributed by atoms with Gasteiger partial charge in [-0.2, -0.15) is 9.57 Å². The second-order valence-electron chi connectivity index (χ2n) is 4.76. The lowest BCUT2D eigenvalue weighted by molar-refractivity contribution is 0.0752. The molecule has 0 bridgehead atoms. The van der Waals surface area contributed by atoms with Crippen LogP contribution in [-0.4, -0.2) is 38.5 Å². The molecule has 1 fully saturated rings. The van der Waals surface area contributed by atoms with E-state index in [1.807, 2.05) is 13.0 Å². The standard InChI is InChI=1S/C13H17N3O3S/c1-10-9-16(5-2-6-19-10)20(17,18)13-4-3-11(8-14)7-12(13)15/h3-4,7,10H,2,5-6,9,15H2,1H3. The van der Waals surface area contributed by atoms with Crippen molar-refractivity contribution in [2.75, 3.05) is 25.4 Å². The third kappa shape index (κ3) is 2.93. The van der Waals surface area contributed by atoms with Crippen molar-refractivity contribution in [1.29, 1.82) is 5.26 Å². The minimum atomic E-state index is -3.66. The first-order valence-electron chi connectivity index (χ1n) is 6.36. The first-order chi connectivity index (χ1) is 9.45. The first-order valence-corrected chi connectivity index (χ1v) is 7.80. The average molecular weight is 295 g/mol. The van der Waals surface area contributed by atoms with E-state index in [2.05, 4.69) is 0 Å². The van der Waals surface area contributed by atoms with E-state index in [9.17, 15) is 8.42 Å². The van der Waals surface area contributed by atoms with E-state index in [-0.39, 0.29) is 16.7 Å². The summed E-state index contributed by atoms with van der Waals surface area (Å²) in [7, 11) is -3.66. The third-order valence-corrected chi connectivity index (χ3v) is 5.11. The molecule has 6 nitrogen and oxygen atoms in total. The first kappa shape index (κ1) is 14.8. The highest BCUT2D eigenvalue weighted by Gasteiger charge is 2.29. The van der Waals surface area contributed by atoms with Gasteiger partial charge in [0.1, 0.15) is 4.90 Å². The van der Waals surface area contributed by atoms with Crippen LogP contribution < -0.4 is 5.73 Å². The van der Waals surface area contributed by atoms with Gasteiger partial charge in [-0.05, 0) is 31.5 Å². The normalized spacial score (nSPS) is 21.1. The molecule has 1 aromatic rings. The van der Waals surface area contributed by atoms with Crippen LogP contribution in [0.2, 0.25) is 0 Å². The van der Waals surface area contributed by atoms with Gasteiger partial charge in [-0.25, -0.2) is 8.42 Å². The summed E-state index contributed by atoms with van der Waals surface area (Å²) < 4.78 is 32.1. The maximum atomic E-state index is 12.6. The van der Waals surface area contributed by atoms with Crippen molar-refractivity contribution >= 4 is 15.7 Å². The number of hydrogen-bond acceptors (Lipinski definition) is 5. The van der Waals surface area contributed by atoms with Crippen LogP contribution in [-0.2, 0) is 14.8 Å². The molecule has 0 amide bonds. The number of ether oxygens (including phenoxy) is 1. The molecule has 1 heterocycles. The van der Waals surface area contributed by atoms with Crippen molar-refractivity contribution < 1.29 is 13.2 Å². The second-order valence-corrected chi connectivity index (χ2v) is 6.67. The molecule has 0 spiro atoms. The minimum absolute atomic E-state index is 0.0469. The summed E-state index contributed by atoms with van der Waals surface area (Å²) >= 11 is 0. The average Bonchev–Trinajstić information content (AvgIpc) is 2.63. The summed E-state index contributed by atoms with van der Waals surface area (Å²) in [6.45, 7) is 3.11. The molecule has 1 aliphatic heterocycles. The van der Waals surface area contributed by atoms with Gasteiger partial charge in [0.25, 0.3) is 0 Å². The summed E-state index contributed by atoms with van der Waals surface area (Å²) in [5.74, 6) is 0. The zero-order valence-electron chi connectivity index (χ0n) is 11.2. The summed E-state index contributed by atoms with van der Waals surface area (Å²) in [5, 5.41) is 8.79. The van der Waals surface area contributed by atoms with E-state index >= 15 is 0 Å². The van der Waals surface area contributed by atoms with Crippen molar-refractivity contribution in [1.82, 2.24) is 4.31 Å². The maximum Gasteiger partial charge on any atom is 0.245 e. The number of nitrogens with zero attached hydrogens (tertiary/aromatic N) is 2. The molecule has 1 saturated heterocycles. The van der Waals surface area contributed by atoms with E-state index in [1.165, 1.54) is 22.5 Å². The Labute approximate surface area is 118 Å². The number of hydrogen-bond donors (Lipinski definition) is 1. The molecule has 7 heteroatoms. The number of nitrogens with two attached hydrogens (primary N) is 1. The number of nitrogen functional groups attached to an aromatic ring is 1. The van der Waals surface area contributed by atoms with Gasteiger partial charge < -0.3 is 10.5 Å². The Morgan fingerprint density at radius 1 is 1.50 bits per heavy atom. The highest BCUT2D eigenvalue weighted by atomic mass is 32.2. The quantitative estimate of drug-likeness (QED) is 0.819. The maximum absolute atomic E-state index is 12.6. The Bertz CT molecular complexity index is 637. The van der Waals surface area contributed by atoms with Crippen molar-refractivity contribution in [3.63, 3.8) is 0 Å². The fraction of sp³-hybridized carbons (Fsp3) is 0.462. The van der Waals surface area contributed by atoms with Gasteiger partial charge in [-0.1, -0.05) is 0 Å². The molecule has 108 valence electrons. The minimum Gasteiger partial charge on any atom is -0.398 e. The number of anilines is 1. The van der Waals surface area contributed by atoms with Crippen LogP contribution >= 0.6 is 0 Å². The Kier molecular flexibility index (Phi) is 4.28. The summed E-state index contributed by atoms with van der Waals surface area (Å²) in [6.07, 6.45) is 0.506. The zero-order valence-corrected chi connectivity index (χ0v) is 12.1. The van der Waals surface area contributed by atoms with Gasteiger partial charge in [-0.3, -0.25) is 0 Å². The fourth-order valence-electron chi connectivity index (χ4n) is 2.17. The fourth-order valence-corrected chi connectivity index (χ4v) is 3.82. The third-order valence-electron chi connectivity index (χ3n) is 3.17. The molecule has 0 radical (unpaired) electrons. The lowest BCUT2D eigenvalue weighted by Gasteiger charge is -2.22. The molecule has 1 atom stereocenters. The van der Waals surface area contributed by atoms with Crippen LogP contribution in [0.3, 0.4) is 0 Å². The Balaban J connectivity index is 2.37. The molecule has 2 N–H and O–H groups in total. The van der Waals surface area contributed by atoms with E-state index in [0.717, 1.165) is 0 Å². The topological polar surface area (TPSA) is 96.4 Å². The van der Waals surface area contributed by atoms with Crippen molar-refractivity contribution in [3.05, 3.63) is 23.8 Å². The molecule has 0 aliphatic carbocycles. The summed E-state index contributed by atoms with van der Waals surface area (Å²) in [4.78, 5) is 0.0469. The lowest BCUT2D eigenvalue weighted by Crippen LogP contribution is -2.36. The predicted molar refractivity (Wildman–Crippen MR) is 74.4 cm³/mol. The van der Waals surface area contributed by atoms with Crippen LogP contribution in [0.4, 0.5) is 5.69 Å². The highest BCUT2D eigenvalue weighted by Crippen LogP contribution is 2.24. The largest absolute Gasteiger partial charge is 0.398 e. The van der Waals surface area contributed by atoms with E-state index in [4.69, 9.17) is 15.7 Å². The molecule has 20 heavy (non-hydrogen) atoms. The number of sulfonamides is 1. The van der Waals surface area contributed by atoms with Crippen LogP contribution in [0, 0.1) is 11.3 Å². The van der Waals surface area contributed by atoms with Crippen LogP contribution in [0.1, 0.15) is 18.9 Å². The molecular weight excluding hydrogens is 278 g/mol. The van der Waals surface area contributed by atoms with Gasteiger partial charge in [0.05, 0.1) is 23.4 Å². The number of benzene rings is 1. The van der Waals surface area contributed by atoms with Gasteiger partial charge in [-0.15, -0.1) is 0 Å². The van der Waals surface area contributed by atoms with Crippen LogP contribution in [0.5, 0.6) is 0 Å². The molecule has 1 unspecified atom stereocenters. The van der Waals surface area contributed by atoms with Gasteiger partial charge in [0, 0.05) is 19.7 Å². The zero-order chi connectivity index (χ0) is 14.8. The Morgan fingerprint density at radius 2 is 2.25 bits per heavy atom. The van der Waals surface area contributed by atoms with Gasteiger partial charge >= 0.3 is 0 Å². The van der Waals surface area contributed by atoms with E-state index in [0.29, 0.717) is 31.7 Å². The number of rotatable bonds is 2. The Hall–Kier alpha value is -1.62. The molecule has 1 aliphatic rings. The monoisotopic (exact) mass is 295 g/mol. The summed E-state index contributed by atoms with van der Waals surface area (Å²) in [6, 6.07) is 6.16. The molecule has 1 aromatic carbocycles. The molecule has 2 rings (SSSR count). The van der Waals surface area contributed by atoms with Crippen LogP contribution in [0.25, 0.3) is 0 Å². The highest BCUT2D eigenvalue weighted by molar-refractivity contribution is 7.89. The molecular formula is C13H17N3O3S. The van der Waals surface area contributed by atoms with Gasteiger partial charge in [0.2, 0.25) is 10.0 Å². The van der Waals surface area contributed by atoms with E-state index < -0.39 is 10.0 Å². The molecule has 0 aromatic heterocycles. The van der Waals surface area contributed by atoms with E-state index in [1.54, 1.807) is 0 Å². The van der Waals surface area contributed by atoms with Gasteiger partial charge in [0.15, 0.2) is 0 Å². The van der Waals surface area contributed by atoms with Crippen LogP contribution in [0.15, 0.2) is 23.1 Å². The molecule has 0 saturated carbocycles. The number of nitriles is 1. The lowest BCUT2D eigenvalue weighted by atomic mass is 10.2.